The van der Waals surface area contributed by atoms with Crippen molar-refractivity contribution < 1.29 is 4.39 Å². The van der Waals surface area contributed by atoms with Crippen molar-refractivity contribution in [2.75, 3.05) is 23.8 Å². The number of hydrogen-bond donors (Lipinski definition) is 0. The average Bonchev–Trinajstić information content (AvgIpc) is 2.25. The predicted octanol–water partition coefficient (Wildman–Crippen LogP) is 3.93. The van der Waals surface area contributed by atoms with Crippen LogP contribution >= 0.6 is 15.9 Å². The van der Waals surface area contributed by atoms with Crippen LogP contribution in [0, 0.1) is 17.7 Å². The zero-order valence-corrected chi connectivity index (χ0v) is 11.7. The van der Waals surface area contributed by atoms with Gasteiger partial charge in [0, 0.05) is 18.9 Å². The van der Waals surface area contributed by atoms with Crippen LogP contribution in [0.5, 0.6) is 0 Å². The van der Waals surface area contributed by atoms with E-state index in [1.165, 1.54) is 6.07 Å². The minimum absolute atomic E-state index is 0.151. The topological polar surface area (TPSA) is 3.24 Å². The number of hydrogen-bond acceptors (Lipinski definition) is 1. The first-order valence-corrected chi connectivity index (χ1v) is 6.70. The normalized spacial score (nSPS) is 12.9. The van der Waals surface area contributed by atoms with E-state index in [1.807, 2.05) is 24.1 Å². The summed E-state index contributed by atoms with van der Waals surface area (Å²) in [7, 11) is 1.94. The van der Waals surface area contributed by atoms with Crippen molar-refractivity contribution in [1.29, 1.82) is 0 Å². The van der Waals surface area contributed by atoms with Gasteiger partial charge >= 0.3 is 0 Å². The average molecular weight is 288 g/mol. The van der Waals surface area contributed by atoms with Gasteiger partial charge < -0.3 is 4.90 Å². The molecular formula is C13H19BrFN. The molecule has 0 amide bonds. The largest absolute Gasteiger partial charge is 0.372 e. The molecule has 0 spiro atoms. The van der Waals surface area contributed by atoms with Crippen LogP contribution in [-0.2, 0) is 0 Å². The van der Waals surface area contributed by atoms with Crippen molar-refractivity contribution in [3.05, 3.63) is 30.1 Å². The molecule has 0 bridgehead atoms. The van der Waals surface area contributed by atoms with E-state index in [0.717, 1.165) is 11.9 Å². The second-order valence-corrected chi connectivity index (χ2v) is 5.14. The Hall–Kier alpha value is -0.570. The lowest BCUT2D eigenvalue weighted by molar-refractivity contribution is 0.430. The van der Waals surface area contributed by atoms with Gasteiger partial charge in [0.15, 0.2) is 0 Å². The first kappa shape index (κ1) is 13.5. The van der Waals surface area contributed by atoms with Gasteiger partial charge in [0.2, 0.25) is 0 Å². The second kappa shape index (κ2) is 6.24. The molecule has 1 rings (SSSR count). The number of alkyl halides is 1. The zero-order valence-electron chi connectivity index (χ0n) is 10.1. The molecule has 1 unspecified atom stereocenters. The highest BCUT2D eigenvalue weighted by atomic mass is 79.9. The lowest BCUT2D eigenvalue weighted by atomic mass is 9.97. The highest BCUT2D eigenvalue weighted by Crippen LogP contribution is 2.21. The summed E-state index contributed by atoms with van der Waals surface area (Å²) in [6.07, 6.45) is 0. The van der Waals surface area contributed by atoms with Crippen LogP contribution in [0.3, 0.4) is 0 Å². The van der Waals surface area contributed by atoms with E-state index in [2.05, 4.69) is 29.8 Å². The molecule has 90 valence electrons. The van der Waals surface area contributed by atoms with Crippen LogP contribution in [-0.4, -0.2) is 18.9 Å². The van der Waals surface area contributed by atoms with Gasteiger partial charge in [0.1, 0.15) is 5.82 Å². The first-order chi connectivity index (χ1) is 7.56. The summed E-state index contributed by atoms with van der Waals surface area (Å²) in [6, 6.07) is 6.91. The molecule has 0 fully saturated rings. The maximum atomic E-state index is 13.5. The molecule has 1 nitrogen and oxygen atoms in total. The monoisotopic (exact) mass is 287 g/mol. The van der Waals surface area contributed by atoms with Gasteiger partial charge in [0.25, 0.3) is 0 Å². The molecule has 16 heavy (non-hydrogen) atoms. The molecule has 1 atom stereocenters. The summed E-state index contributed by atoms with van der Waals surface area (Å²) >= 11 is 3.52. The molecule has 0 aliphatic heterocycles. The number of para-hydroxylation sites is 1. The molecule has 0 saturated carbocycles. The second-order valence-electron chi connectivity index (χ2n) is 4.49. The smallest absolute Gasteiger partial charge is 0.146 e. The van der Waals surface area contributed by atoms with Gasteiger partial charge in [-0.25, -0.2) is 4.39 Å². The summed E-state index contributed by atoms with van der Waals surface area (Å²) in [5.41, 5.74) is 0.675. The van der Waals surface area contributed by atoms with E-state index >= 15 is 0 Å². The molecule has 0 aliphatic rings. The van der Waals surface area contributed by atoms with Gasteiger partial charge in [-0.05, 0) is 24.0 Å². The Kier molecular flexibility index (Phi) is 5.26. The summed E-state index contributed by atoms with van der Waals surface area (Å²) < 4.78 is 13.5. The lowest BCUT2D eigenvalue weighted by Crippen LogP contribution is -2.29. The molecular weight excluding hydrogens is 269 g/mol. The quantitative estimate of drug-likeness (QED) is 0.742. The standard InChI is InChI=1S/C13H19BrFN/c1-10(2)11(8-14)9-16(3)13-7-5-4-6-12(13)15/h4-7,10-11H,8-9H2,1-3H3. The molecule has 3 heteroatoms. The highest BCUT2D eigenvalue weighted by Gasteiger charge is 2.16. The maximum absolute atomic E-state index is 13.5. The van der Waals surface area contributed by atoms with Crippen LogP contribution in [0.4, 0.5) is 10.1 Å². The molecule has 0 N–H and O–H groups in total. The van der Waals surface area contributed by atoms with Gasteiger partial charge in [-0.2, -0.15) is 0 Å². The number of nitrogens with zero attached hydrogens (tertiary/aromatic N) is 1. The fraction of sp³-hybridized carbons (Fsp3) is 0.538. The Balaban J connectivity index is 2.72. The Labute approximate surface area is 106 Å². The van der Waals surface area contributed by atoms with Crippen molar-refractivity contribution in [3.63, 3.8) is 0 Å². The third-order valence-electron chi connectivity index (χ3n) is 2.91. The van der Waals surface area contributed by atoms with E-state index in [0.29, 0.717) is 17.5 Å². The molecule has 1 aromatic carbocycles. The van der Waals surface area contributed by atoms with Crippen LogP contribution in [0.1, 0.15) is 13.8 Å². The Bertz CT molecular complexity index is 327. The van der Waals surface area contributed by atoms with E-state index < -0.39 is 0 Å². The predicted molar refractivity (Wildman–Crippen MR) is 71.8 cm³/mol. The number of halogens is 2. The van der Waals surface area contributed by atoms with Crippen LogP contribution in [0.25, 0.3) is 0 Å². The minimum atomic E-state index is -0.151. The van der Waals surface area contributed by atoms with E-state index in [9.17, 15) is 4.39 Å². The van der Waals surface area contributed by atoms with E-state index in [1.54, 1.807) is 6.07 Å². The molecule has 1 aromatic rings. The summed E-state index contributed by atoms with van der Waals surface area (Å²) in [5.74, 6) is 0.972. The van der Waals surface area contributed by atoms with E-state index in [-0.39, 0.29) is 5.82 Å². The van der Waals surface area contributed by atoms with Gasteiger partial charge in [-0.15, -0.1) is 0 Å². The number of anilines is 1. The summed E-state index contributed by atoms with van der Waals surface area (Å²) in [5, 5.41) is 0.948. The number of benzene rings is 1. The van der Waals surface area contributed by atoms with Gasteiger partial charge in [-0.1, -0.05) is 41.9 Å². The molecule has 0 aromatic heterocycles. The maximum Gasteiger partial charge on any atom is 0.146 e. The van der Waals surface area contributed by atoms with Crippen LogP contribution in [0.15, 0.2) is 24.3 Å². The Morgan fingerprint density at radius 3 is 2.44 bits per heavy atom. The van der Waals surface area contributed by atoms with Crippen molar-refractivity contribution in [3.8, 4) is 0 Å². The van der Waals surface area contributed by atoms with Crippen LogP contribution < -0.4 is 4.90 Å². The SMILES string of the molecule is CC(C)C(CBr)CN(C)c1ccccc1F. The fourth-order valence-corrected chi connectivity index (χ4v) is 2.60. The van der Waals surface area contributed by atoms with E-state index in [4.69, 9.17) is 0 Å². The van der Waals surface area contributed by atoms with Crippen molar-refractivity contribution in [2.24, 2.45) is 11.8 Å². The third kappa shape index (κ3) is 3.48. The lowest BCUT2D eigenvalue weighted by Gasteiger charge is -2.27. The summed E-state index contributed by atoms with van der Waals surface area (Å²) in [4.78, 5) is 1.99. The zero-order chi connectivity index (χ0) is 12.1. The van der Waals surface area contributed by atoms with Crippen molar-refractivity contribution in [1.82, 2.24) is 0 Å². The molecule has 0 radical (unpaired) electrons. The van der Waals surface area contributed by atoms with Crippen LogP contribution in [0.2, 0.25) is 0 Å². The van der Waals surface area contributed by atoms with Crippen molar-refractivity contribution in [2.45, 2.75) is 13.8 Å². The summed E-state index contributed by atoms with van der Waals surface area (Å²) in [6.45, 7) is 5.26. The van der Waals surface area contributed by atoms with Gasteiger partial charge in [-0.3, -0.25) is 0 Å². The fourth-order valence-electron chi connectivity index (χ4n) is 1.65. The third-order valence-corrected chi connectivity index (χ3v) is 3.74. The molecule has 0 aliphatic carbocycles. The Morgan fingerprint density at radius 2 is 1.94 bits per heavy atom. The highest BCUT2D eigenvalue weighted by molar-refractivity contribution is 9.09. The van der Waals surface area contributed by atoms with Gasteiger partial charge in [0.05, 0.1) is 5.69 Å². The first-order valence-electron chi connectivity index (χ1n) is 5.58. The minimum Gasteiger partial charge on any atom is -0.372 e. The number of rotatable bonds is 5. The molecule has 0 saturated heterocycles. The molecule has 0 heterocycles. The Morgan fingerprint density at radius 1 is 1.31 bits per heavy atom. The van der Waals surface area contributed by atoms with Crippen molar-refractivity contribution >= 4 is 21.6 Å².